The van der Waals surface area contributed by atoms with E-state index in [-0.39, 0.29) is 30.9 Å². The number of hydrogen-bond acceptors (Lipinski definition) is 4. The fraction of sp³-hybridized carbons (Fsp3) is 0.375. The molecule has 0 atom stereocenters. The van der Waals surface area contributed by atoms with Crippen LogP contribution in [0.5, 0.6) is 0 Å². The van der Waals surface area contributed by atoms with E-state index < -0.39 is 30.4 Å². The second-order valence-electron chi connectivity index (χ2n) is 8.49. The number of fused-ring (bicyclic) bond motifs is 3. The molecule has 0 bridgehead atoms. The lowest BCUT2D eigenvalue weighted by Gasteiger charge is -2.35. The summed E-state index contributed by atoms with van der Waals surface area (Å²) >= 11 is 0. The average molecular weight is 458 g/mol. The van der Waals surface area contributed by atoms with Crippen LogP contribution >= 0.6 is 0 Å². The van der Waals surface area contributed by atoms with Gasteiger partial charge in [-0.3, -0.25) is 4.79 Å². The summed E-state index contributed by atoms with van der Waals surface area (Å²) in [4.78, 5) is 34.4. The van der Waals surface area contributed by atoms with Gasteiger partial charge in [0.25, 0.3) is 0 Å². The maximum Gasteiger partial charge on any atom is 0.407 e. The van der Waals surface area contributed by atoms with Crippen molar-refractivity contribution in [2.75, 3.05) is 13.2 Å². The summed E-state index contributed by atoms with van der Waals surface area (Å²) in [5.41, 5.74) is 4.52. The topological polar surface area (TPSA) is 105 Å². The summed E-state index contributed by atoms with van der Waals surface area (Å²) in [6.45, 7) is -1.04. The van der Waals surface area contributed by atoms with Crippen molar-refractivity contribution in [3.05, 3.63) is 59.7 Å². The molecule has 2 aliphatic carbocycles. The van der Waals surface area contributed by atoms with E-state index in [1.807, 2.05) is 41.7 Å². The summed E-state index contributed by atoms with van der Waals surface area (Å²) in [5.74, 6) is -7.02. The molecule has 174 valence electrons. The van der Waals surface area contributed by atoms with E-state index in [4.69, 9.17) is 9.84 Å². The van der Waals surface area contributed by atoms with Crippen molar-refractivity contribution < 1.29 is 33.0 Å². The molecule has 0 heterocycles. The number of ether oxygens (including phenoxy) is 1. The Labute approximate surface area is 189 Å². The second kappa shape index (κ2) is 9.17. The molecular weight excluding hydrogens is 434 g/mol. The molecule has 9 heteroatoms. The van der Waals surface area contributed by atoms with Crippen LogP contribution in [0.2, 0.25) is 0 Å². The summed E-state index contributed by atoms with van der Waals surface area (Å²) in [5, 5.41) is 13.1. The smallest absolute Gasteiger partial charge is 0.407 e. The van der Waals surface area contributed by atoms with Gasteiger partial charge in [0.05, 0.1) is 6.54 Å². The Morgan fingerprint density at radius 2 is 1.58 bits per heavy atom. The number of benzene rings is 2. The zero-order chi connectivity index (χ0) is 23.6. The summed E-state index contributed by atoms with van der Waals surface area (Å²) in [6.07, 6.45) is 0.504. The van der Waals surface area contributed by atoms with E-state index in [0.717, 1.165) is 22.3 Å². The lowest BCUT2D eigenvalue weighted by molar-refractivity contribution is -0.164. The molecule has 0 spiro atoms. The van der Waals surface area contributed by atoms with Crippen LogP contribution in [0.1, 0.15) is 36.3 Å². The molecule has 2 aliphatic rings. The Kier molecular flexibility index (Phi) is 6.31. The predicted octanol–water partition coefficient (Wildman–Crippen LogP) is 3.53. The van der Waals surface area contributed by atoms with Gasteiger partial charge < -0.3 is 20.5 Å². The molecular formula is C24H24F2N2O5. The third kappa shape index (κ3) is 4.97. The normalized spacial score (nSPS) is 19.1. The Balaban J connectivity index is 1.20. The minimum Gasteiger partial charge on any atom is -0.477 e. The summed E-state index contributed by atoms with van der Waals surface area (Å²) in [7, 11) is 0. The molecule has 2 aromatic rings. The SMILES string of the molecule is O=C(CC1CC(NC(=O)OCC2c3ccccc3-c3ccccc32)C1)NCC(F)(F)C(=O)O. The molecule has 1 saturated carbocycles. The zero-order valence-corrected chi connectivity index (χ0v) is 17.7. The molecule has 2 amide bonds. The number of alkyl halides is 2. The van der Waals surface area contributed by atoms with E-state index in [1.54, 1.807) is 0 Å². The van der Waals surface area contributed by atoms with Gasteiger partial charge in [-0.15, -0.1) is 0 Å². The van der Waals surface area contributed by atoms with Gasteiger partial charge in [0.1, 0.15) is 6.61 Å². The highest BCUT2D eigenvalue weighted by molar-refractivity contribution is 5.80. The number of amides is 2. The van der Waals surface area contributed by atoms with Gasteiger partial charge in [-0.05, 0) is 41.0 Å². The third-order valence-corrected chi connectivity index (χ3v) is 6.20. The number of hydrogen-bond donors (Lipinski definition) is 3. The van der Waals surface area contributed by atoms with E-state index >= 15 is 0 Å². The van der Waals surface area contributed by atoms with Crippen molar-refractivity contribution in [1.82, 2.24) is 10.6 Å². The predicted molar refractivity (Wildman–Crippen MR) is 115 cm³/mol. The van der Waals surface area contributed by atoms with Gasteiger partial charge in [-0.25, -0.2) is 9.59 Å². The number of carboxylic acid groups (broad SMARTS) is 1. The lowest BCUT2D eigenvalue weighted by atomic mass is 9.78. The van der Waals surface area contributed by atoms with Gasteiger partial charge in [-0.1, -0.05) is 48.5 Å². The van der Waals surface area contributed by atoms with Crippen molar-refractivity contribution in [3.63, 3.8) is 0 Å². The van der Waals surface area contributed by atoms with E-state index in [1.165, 1.54) is 0 Å². The molecule has 2 aromatic carbocycles. The molecule has 0 unspecified atom stereocenters. The molecule has 0 saturated heterocycles. The van der Waals surface area contributed by atoms with Crippen LogP contribution in [-0.4, -0.2) is 48.2 Å². The molecule has 4 rings (SSSR count). The number of halogens is 2. The first-order valence-corrected chi connectivity index (χ1v) is 10.7. The fourth-order valence-corrected chi connectivity index (χ4v) is 4.45. The lowest BCUT2D eigenvalue weighted by Crippen LogP contribution is -2.47. The maximum absolute atomic E-state index is 13.0. The minimum atomic E-state index is -4.00. The van der Waals surface area contributed by atoms with Crippen molar-refractivity contribution >= 4 is 18.0 Å². The van der Waals surface area contributed by atoms with Gasteiger partial charge in [0.2, 0.25) is 5.91 Å². The number of aliphatic carboxylic acids is 1. The molecule has 0 aliphatic heterocycles. The van der Waals surface area contributed by atoms with Crippen LogP contribution in [0.3, 0.4) is 0 Å². The van der Waals surface area contributed by atoms with E-state index in [0.29, 0.717) is 12.8 Å². The number of carbonyl (C=O) groups excluding carboxylic acids is 2. The van der Waals surface area contributed by atoms with Gasteiger partial charge in [0, 0.05) is 18.4 Å². The molecule has 33 heavy (non-hydrogen) atoms. The largest absolute Gasteiger partial charge is 0.477 e. The molecule has 3 N–H and O–H groups in total. The fourth-order valence-electron chi connectivity index (χ4n) is 4.45. The van der Waals surface area contributed by atoms with Crippen LogP contribution in [0.15, 0.2) is 48.5 Å². The standard InChI is InChI=1S/C24H24F2N2O5/c25-24(26,22(30)31)13-27-21(29)11-14-9-15(10-14)28-23(32)33-12-20-18-7-3-1-5-16(18)17-6-2-4-8-19(17)20/h1-8,14-15,20H,9-13H2,(H,27,29)(H,28,32)(H,30,31). The van der Waals surface area contributed by atoms with Crippen LogP contribution in [-0.2, 0) is 14.3 Å². The van der Waals surface area contributed by atoms with Crippen molar-refractivity contribution in [1.29, 1.82) is 0 Å². The second-order valence-corrected chi connectivity index (χ2v) is 8.49. The Hall–Kier alpha value is -3.49. The molecule has 0 radical (unpaired) electrons. The van der Waals surface area contributed by atoms with Gasteiger partial charge in [-0.2, -0.15) is 8.78 Å². The quantitative estimate of drug-likeness (QED) is 0.561. The first-order valence-electron chi connectivity index (χ1n) is 10.7. The average Bonchev–Trinajstić information content (AvgIpc) is 3.08. The highest BCUT2D eigenvalue weighted by atomic mass is 19.3. The molecule has 7 nitrogen and oxygen atoms in total. The van der Waals surface area contributed by atoms with Gasteiger partial charge >= 0.3 is 18.0 Å². The van der Waals surface area contributed by atoms with Crippen molar-refractivity contribution in [3.8, 4) is 11.1 Å². The number of carbonyl (C=O) groups is 3. The minimum absolute atomic E-state index is 0.00142. The number of nitrogens with one attached hydrogen (secondary N) is 2. The molecule has 1 fully saturated rings. The Morgan fingerprint density at radius 3 is 2.15 bits per heavy atom. The van der Waals surface area contributed by atoms with Crippen LogP contribution in [0.25, 0.3) is 11.1 Å². The Morgan fingerprint density at radius 1 is 1.00 bits per heavy atom. The monoisotopic (exact) mass is 458 g/mol. The zero-order valence-electron chi connectivity index (χ0n) is 17.7. The summed E-state index contributed by atoms with van der Waals surface area (Å²) < 4.78 is 31.5. The first-order chi connectivity index (χ1) is 15.7. The number of alkyl carbamates (subject to hydrolysis) is 1. The van der Waals surface area contributed by atoms with Crippen molar-refractivity contribution in [2.45, 2.75) is 37.1 Å². The van der Waals surface area contributed by atoms with E-state index in [2.05, 4.69) is 17.4 Å². The van der Waals surface area contributed by atoms with Crippen LogP contribution < -0.4 is 10.6 Å². The number of carboxylic acids is 1. The molecule has 0 aromatic heterocycles. The summed E-state index contributed by atoms with van der Waals surface area (Å²) in [6, 6.07) is 15.9. The third-order valence-electron chi connectivity index (χ3n) is 6.20. The Bertz CT molecular complexity index is 1020. The number of rotatable bonds is 8. The van der Waals surface area contributed by atoms with Crippen molar-refractivity contribution in [2.24, 2.45) is 5.92 Å². The highest BCUT2D eigenvalue weighted by Gasteiger charge is 2.39. The van der Waals surface area contributed by atoms with Gasteiger partial charge in [0.15, 0.2) is 0 Å². The van der Waals surface area contributed by atoms with Crippen LogP contribution in [0, 0.1) is 5.92 Å². The highest BCUT2D eigenvalue weighted by Crippen LogP contribution is 2.44. The first kappa shape index (κ1) is 22.7. The van der Waals surface area contributed by atoms with Crippen LogP contribution in [0.4, 0.5) is 13.6 Å². The maximum atomic E-state index is 13.0. The van der Waals surface area contributed by atoms with E-state index in [9.17, 15) is 23.2 Å².